The maximum Gasteiger partial charge on any atom is 0.321 e. The summed E-state index contributed by atoms with van der Waals surface area (Å²) in [5, 5.41) is 5.04. The average Bonchev–Trinajstić information content (AvgIpc) is 2.93. The molecule has 1 aliphatic rings. The second kappa shape index (κ2) is 4.64. The van der Waals surface area contributed by atoms with Crippen molar-refractivity contribution in [1.29, 1.82) is 0 Å². The van der Waals surface area contributed by atoms with E-state index in [-0.39, 0.29) is 6.03 Å². The van der Waals surface area contributed by atoms with Gasteiger partial charge < -0.3 is 10.2 Å². The van der Waals surface area contributed by atoms with Gasteiger partial charge in [-0.1, -0.05) is 12.1 Å². The first-order valence-corrected chi connectivity index (χ1v) is 6.23. The van der Waals surface area contributed by atoms with Gasteiger partial charge in [-0.05, 0) is 30.4 Å². The van der Waals surface area contributed by atoms with Crippen LogP contribution in [0.5, 0.6) is 0 Å². The number of fused-ring (bicyclic) bond motifs is 1. The number of carbonyl (C=O) groups is 1. The molecule has 4 nitrogen and oxygen atoms in total. The van der Waals surface area contributed by atoms with Gasteiger partial charge in [0.05, 0.1) is 5.69 Å². The summed E-state index contributed by atoms with van der Waals surface area (Å²) in [5.41, 5.74) is 0.831. The number of amides is 2. The molecule has 0 radical (unpaired) electrons. The molecule has 1 aliphatic heterocycles. The molecular formula is C14H15N3O. The molecule has 1 aromatic carbocycles. The summed E-state index contributed by atoms with van der Waals surface area (Å²) in [7, 11) is 0. The number of rotatable bonds is 1. The Labute approximate surface area is 106 Å². The van der Waals surface area contributed by atoms with Crippen molar-refractivity contribution in [2.45, 2.75) is 12.8 Å². The van der Waals surface area contributed by atoms with Crippen LogP contribution in [0.25, 0.3) is 10.8 Å². The zero-order valence-electron chi connectivity index (χ0n) is 10.1. The van der Waals surface area contributed by atoms with E-state index in [9.17, 15) is 4.79 Å². The summed E-state index contributed by atoms with van der Waals surface area (Å²) < 4.78 is 0. The van der Waals surface area contributed by atoms with Crippen LogP contribution in [0, 0.1) is 0 Å². The number of benzene rings is 1. The van der Waals surface area contributed by atoms with Crippen molar-refractivity contribution in [3.05, 3.63) is 36.7 Å². The quantitative estimate of drug-likeness (QED) is 0.834. The number of anilines is 1. The van der Waals surface area contributed by atoms with E-state index >= 15 is 0 Å². The lowest BCUT2D eigenvalue weighted by Gasteiger charge is -2.17. The van der Waals surface area contributed by atoms with Crippen LogP contribution >= 0.6 is 0 Å². The maximum absolute atomic E-state index is 12.1. The largest absolute Gasteiger partial charge is 0.325 e. The monoisotopic (exact) mass is 241 g/mol. The molecular weight excluding hydrogens is 226 g/mol. The van der Waals surface area contributed by atoms with E-state index in [1.807, 2.05) is 29.2 Å². The molecule has 92 valence electrons. The lowest BCUT2D eigenvalue weighted by Crippen LogP contribution is -2.32. The molecule has 1 fully saturated rings. The van der Waals surface area contributed by atoms with Gasteiger partial charge >= 0.3 is 6.03 Å². The van der Waals surface area contributed by atoms with E-state index in [4.69, 9.17) is 0 Å². The Balaban J connectivity index is 1.88. The summed E-state index contributed by atoms with van der Waals surface area (Å²) >= 11 is 0. The molecule has 2 amide bonds. The van der Waals surface area contributed by atoms with Crippen molar-refractivity contribution < 1.29 is 4.79 Å². The van der Waals surface area contributed by atoms with Crippen molar-refractivity contribution in [3.63, 3.8) is 0 Å². The Hall–Kier alpha value is -2.10. The summed E-state index contributed by atoms with van der Waals surface area (Å²) in [5.74, 6) is 0. The van der Waals surface area contributed by atoms with Crippen LogP contribution in [0.3, 0.4) is 0 Å². The fraction of sp³-hybridized carbons (Fsp3) is 0.286. The van der Waals surface area contributed by atoms with E-state index in [1.54, 1.807) is 12.4 Å². The Kier molecular flexibility index (Phi) is 2.84. The van der Waals surface area contributed by atoms with Crippen LogP contribution in [-0.2, 0) is 0 Å². The van der Waals surface area contributed by atoms with Gasteiger partial charge in [0.15, 0.2) is 0 Å². The number of pyridine rings is 1. The summed E-state index contributed by atoms with van der Waals surface area (Å²) in [6.07, 6.45) is 5.75. The molecule has 0 atom stereocenters. The van der Waals surface area contributed by atoms with Gasteiger partial charge in [-0.25, -0.2) is 4.79 Å². The molecule has 1 N–H and O–H groups in total. The molecule has 0 bridgehead atoms. The second-order valence-corrected chi connectivity index (χ2v) is 4.53. The third kappa shape index (κ3) is 2.01. The molecule has 3 rings (SSSR count). The van der Waals surface area contributed by atoms with Gasteiger partial charge in [0.1, 0.15) is 0 Å². The van der Waals surface area contributed by atoms with Gasteiger partial charge in [-0.15, -0.1) is 0 Å². The zero-order valence-corrected chi connectivity index (χ0v) is 10.1. The van der Waals surface area contributed by atoms with Crippen LogP contribution in [0.4, 0.5) is 10.5 Å². The second-order valence-electron chi connectivity index (χ2n) is 4.53. The number of aromatic nitrogens is 1. The van der Waals surface area contributed by atoms with Gasteiger partial charge in [-0.2, -0.15) is 0 Å². The van der Waals surface area contributed by atoms with Crippen LogP contribution in [0.15, 0.2) is 36.7 Å². The van der Waals surface area contributed by atoms with Crippen molar-refractivity contribution >= 4 is 22.5 Å². The molecule has 0 aliphatic carbocycles. The van der Waals surface area contributed by atoms with E-state index in [0.717, 1.165) is 42.4 Å². The SMILES string of the molecule is O=C(Nc1cccc2ccncc12)N1CCCC1. The molecule has 1 saturated heterocycles. The average molecular weight is 241 g/mol. The van der Waals surface area contributed by atoms with Crippen LogP contribution < -0.4 is 5.32 Å². The van der Waals surface area contributed by atoms with Gasteiger partial charge in [0, 0.05) is 30.9 Å². The predicted octanol–water partition coefficient (Wildman–Crippen LogP) is 2.86. The molecule has 0 unspecified atom stereocenters. The first-order valence-electron chi connectivity index (χ1n) is 6.23. The third-order valence-corrected chi connectivity index (χ3v) is 3.32. The fourth-order valence-electron chi connectivity index (χ4n) is 2.34. The fourth-order valence-corrected chi connectivity index (χ4v) is 2.34. The first-order chi connectivity index (χ1) is 8.84. The van der Waals surface area contributed by atoms with Crippen LogP contribution in [0.1, 0.15) is 12.8 Å². The normalized spacial score (nSPS) is 15.0. The Bertz CT molecular complexity index is 571. The molecule has 0 spiro atoms. The Morgan fingerprint density at radius 2 is 2.06 bits per heavy atom. The smallest absolute Gasteiger partial charge is 0.321 e. The van der Waals surface area contributed by atoms with E-state index in [2.05, 4.69) is 10.3 Å². The Morgan fingerprint density at radius 3 is 2.89 bits per heavy atom. The zero-order chi connectivity index (χ0) is 12.4. The summed E-state index contributed by atoms with van der Waals surface area (Å²) in [6.45, 7) is 1.71. The predicted molar refractivity (Wildman–Crippen MR) is 71.6 cm³/mol. The topological polar surface area (TPSA) is 45.2 Å². The van der Waals surface area contributed by atoms with Gasteiger partial charge in [0.2, 0.25) is 0 Å². The number of hydrogen-bond acceptors (Lipinski definition) is 2. The minimum Gasteiger partial charge on any atom is -0.325 e. The standard InChI is InChI=1S/C14H15N3O/c18-14(17-8-1-2-9-17)16-13-5-3-4-11-6-7-15-10-12(11)13/h3-7,10H,1-2,8-9H2,(H,16,18). The van der Waals surface area contributed by atoms with E-state index in [0.29, 0.717) is 0 Å². The van der Waals surface area contributed by atoms with Gasteiger partial charge in [0.25, 0.3) is 0 Å². The minimum atomic E-state index is -0.0103. The van der Waals surface area contributed by atoms with E-state index in [1.165, 1.54) is 0 Å². The highest BCUT2D eigenvalue weighted by molar-refractivity contribution is 6.01. The minimum absolute atomic E-state index is 0.0103. The molecule has 4 heteroatoms. The number of hydrogen-bond donors (Lipinski definition) is 1. The summed E-state index contributed by atoms with van der Waals surface area (Å²) in [6, 6.07) is 7.81. The van der Waals surface area contributed by atoms with Crippen molar-refractivity contribution in [2.24, 2.45) is 0 Å². The molecule has 2 heterocycles. The lowest BCUT2D eigenvalue weighted by molar-refractivity contribution is 0.222. The number of likely N-dealkylation sites (tertiary alicyclic amines) is 1. The molecule has 0 saturated carbocycles. The van der Waals surface area contributed by atoms with E-state index < -0.39 is 0 Å². The number of nitrogens with zero attached hydrogens (tertiary/aromatic N) is 2. The summed E-state index contributed by atoms with van der Waals surface area (Å²) in [4.78, 5) is 18.0. The molecule has 1 aromatic heterocycles. The number of nitrogens with one attached hydrogen (secondary N) is 1. The molecule has 18 heavy (non-hydrogen) atoms. The highest BCUT2D eigenvalue weighted by atomic mass is 16.2. The van der Waals surface area contributed by atoms with Crippen molar-refractivity contribution in [2.75, 3.05) is 18.4 Å². The highest BCUT2D eigenvalue weighted by Crippen LogP contribution is 2.22. The van der Waals surface area contributed by atoms with Crippen LogP contribution in [-0.4, -0.2) is 29.0 Å². The van der Waals surface area contributed by atoms with Gasteiger partial charge in [-0.3, -0.25) is 4.98 Å². The van der Waals surface area contributed by atoms with Crippen molar-refractivity contribution in [1.82, 2.24) is 9.88 Å². The highest BCUT2D eigenvalue weighted by Gasteiger charge is 2.18. The third-order valence-electron chi connectivity index (χ3n) is 3.32. The Morgan fingerprint density at radius 1 is 1.22 bits per heavy atom. The number of carbonyl (C=O) groups excluding carboxylic acids is 1. The van der Waals surface area contributed by atoms with Crippen LogP contribution in [0.2, 0.25) is 0 Å². The lowest BCUT2D eigenvalue weighted by atomic mass is 10.1. The molecule has 2 aromatic rings. The van der Waals surface area contributed by atoms with Crippen molar-refractivity contribution in [3.8, 4) is 0 Å². The number of urea groups is 1. The maximum atomic E-state index is 12.1. The first kappa shape index (κ1) is 11.0.